The van der Waals surface area contributed by atoms with E-state index in [1.54, 1.807) is 0 Å². The van der Waals surface area contributed by atoms with E-state index in [9.17, 15) is 0 Å². The van der Waals surface area contributed by atoms with Gasteiger partial charge in [-0.05, 0) is 28.7 Å². The van der Waals surface area contributed by atoms with Gasteiger partial charge in [-0.1, -0.05) is 12.2 Å². The number of allylic oxidation sites excluding steroid dienone is 2. The number of rotatable bonds is 0. The van der Waals surface area contributed by atoms with Crippen LogP contribution in [-0.4, -0.2) is 25.4 Å². The lowest BCUT2D eigenvalue weighted by Gasteiger charge is -2.29. The summed E-state index contributed by atoms with van der Waals surface area (Å²) >= 11 is 2.28. The number of fused-ring (bicyclic) bond motifs is 1. The van der Waals surface area contributed by atoms with Crippen molar-refractivity contribution in [3.63, 3.8) is 0 Å². The maximum absolute atomic E-state index is 5.49. The van der Waals surface area contributed by atoms with Crippen LogP contribution in [0.15, 0.2) is 21.8 Å². The average Bonchev–Trinajstić information content (AvgIpc) is 2.04. The molecule has 2 atom stereocenters. The van der Waals surface area contributed by atoms with Crippen LogP contribution in [0.5, 0.6) is 0 Å². The molecule has 0 bridgehead atoms. The zero-order chi connectivity index (χ0) is 7.68. The van der Waals surface area contributed by atoms with Crippen molar-refractivity contribution in [3.05, 3.63) is 21.8 Å². The molecule has 2 rings (SSSR count). The first kappa shape index (κ1) is 7.76. The van der Waals surface area contributed by atoms with Crippen molar-refractivity contribution in [2.24, 2.45) is 0 Å². The second-order valence-electron chi connectivity index (χ2n) is 2.58. The third-order valence-corrected chi connectivity index (χ3v) is 2.52. The molecule has 1 saturated heterocycles. The molecule has 11 heavy (non-hydrogen) atoms. The predicted octanol–water partition coefficient (Wildman–Crippen LogP) is 1.66. The molecule has 0 saturated carbocycles. The third-order valence-electron chi connectivity index (χ3n) is 1.80. The second kappa shape index (κ2) is 3.25. The molecular weight excluding hydrogens is 255 g/mol. The van der Waals surface area contributed by atoms with Gasteiger partial charge in [0, 0.05) is 3.58 Å². The molecule has 1 aliphatic heterocycles. The summed E-state index contributed by atoms with van der Waals surface area (Å²) in [7, 11) is 0. The van der Waals surface area contributed by atoms with Crippen LogP contribution < -0.4 is 0 Å². The van der Waals surface area contributed by atoms with Crippen molar-refractivity contribution >= 4 is 22.6 Å². The van der Waals surface area contributed by atoms with E-state index in [2.05, 4.69) is 40.8 Å². The van der Waals surface area contributed by atoms with E-state index in [1.807, 2.05) is 0 Å². The smallest absolute Gasteiger partial charge is 0.107 e. The number of hydrogen-bond acceptors (Lipinski definition) is 2. The van der Waals surface area contributed by atoms with E-state index in [-0.39, 0.29) is 12.2 Å². The van der Waals surface area contributed by atoms with Gasteiger partial charge < -0.3 is 9.47 Å². The van der Waals surface area contributed by atoms with Gasteiger partial charge in [-0.25, -0.2) is 0 Å². The van der Waals surface area contributed by atoms with Crippen LogP contribution in [0.4, 0.5) is 0 Å². The van der Waals surface area contributed by atoms with Gasteiger partial charge in [-0.15, -0.1) is 0 Å². The van der Waals surface area contributed by atoms with Crippen LogP contribution >= 0.6 is 22.6 Å². The van der Waals surface area contributed by atoms with Gasteiger partial charge >= 0.3 is 0 Å². The van der Waals surface area contributed by atoms with Crippen molar-refractivity contribution in [3.8, 4) is 0 Å². The summed E-state index contributed by atoms with van der Waals surface area (Å²) in [6.45, 7) is 1.44. The Morgan fingerprint density at radius 3 is 2.82 bits per heavy atom. The molecule has 0 aromatic rings. The molecule has 1 heterocycles. The van der Waals surface area contributed by atoms with Gasteiger partial charge in [0.15, 0.2) is 0 Å². The van der Waals surface area contributed by atoms with Crippen molar-refractivity contribution < 1.29 is 9.47 Å². The first-order valence-corrected chi connectivity index (χ1v) is 4.73. The molecule has 1 fully saturated rings. The van der Waals surface area contributed by atoms with Crippen LogP contribution in [0.2, 0.25) is 0 Å². The fourth-order valence-electron chi connectivity index (χ4n) is 1.27. The zero-order valence-corrected chi connectivity index (χ0v) is 8.15. The summed E-state index contributed by atoms with van der Waals surface area (Å²) in [5, 5.41) is 0. The molecular formula is C8H9IO2. The largest absolute Gasteiger partial charge is 0.369 e. The van der Waals surface area contributed by atoms with Crippen LogP contribution in [0, 0.1) is 0 Å². The molecule has 0 spiro atoms. The number of ether oxygens (including phenoxy) is 2. The SMILES string of the molecule is IC1=CC2OCCOC2C=C1. The highest BCUT2D eigenvalue weighted by atomic mass is 127. The maximum atomic E-state index is 5.49. The molecule has 0 aromatic heterocycles. The Labute approximate surface area is 79.4 Å². The van der Waals surface area contributed by atoms with Crippen LogP contribution in [0.3, 0.4) is 0 Å². The summed E-state index contributed by atoms with van der Waals surface area (Å²) in [6.07, 6.45) is 6.54. The van der Waals surface area contributed by atoms with E-state index in [0.717, 1.165) is 13.2 Å². The summed E-state index contributed by atoms with van der Waals surface area (Å²) in [6, 6.07) is 0. The third kappa shape index (κ3) is 1.65. The lowest BCUT2D eigenvalue weighted by Crippen LogP contribution is -2.36. The Bertz CT molecular complexity index is 210. The Kier molecular flexibility index (Phi) is 2.29. The number of halogens is 1. The fraction of sp³-hybridized carbons (Fsp3) is 0.500. The van der Waals surface area contributed by atoms with Gasteiger partial charge in [-0.2, -0.15) is 0 Å². The highest BCUT2D eigenvalue weighted by Crippen LogP contribution is 2.22. The van der Waals surface area contributed by atoms with E-state index >= 15 is 0 Å². The van der Waals surface area contributed by atoms with E-state index in [1.165, 1.54) is 3.58 Å². The minimum atomic E-state index is 0.153. The molecule has 0 amide bonds. The molecule has 0 N–H and O–H groups in total. The quantitative estimate of drug-likeness (QED) is 0.619. The Balaban J connectivity index is 2.13. The minimum absolute atomic E-state index is 0.153. The molecule has 1 aliphatic carbocycles. The summed E-state index contributed by atoms with van der Waals surface area (Å²) < 4.78 is 12.2. The highest BCUT2D eigenvalue weighted by molar-refractivity contribution is 14.1. The van der Waals surface area contributed by atoms with Crippen LogP contribution in [0.1, 0.15) is 0 Å². The fourth-order valence-corrected chi connectivity index (χ4v) is 1.83. The summed E-state index contributed by atoms with van der Waals surface area (Å²) in [4.78, 5) is 0. The first-order valence-electron chi connectivity index (χ1n) is 3.65. The number of hydrogen-bond donors (Lipinski definition) is 0. The second-order valence-corrected chi connectivity index (χ2v) is 3.83. The van der Waals surface area contributed by atoms with Gasteiger partial charge in [0.1, 0.15) is 12.2 Å². The molecule has 0 aromatic carbocycles. The van der Waals surface area contributed by atoms with E-state index in [0.29, 0.717) is 0 Å². The predicted molar refractivity (Wildman–Crippen MR) is 50.7 cm³/mol. The molecule has 3 heteroatoms. The monoisotopic (exact) mass is 264 g/mol. The van der Waals surface area contributed by atoms with Crippen molar-refractivity contribution in [1.29, 1.82) is 0 Å². The maximum Gasteiger partial charge on any atom is 0.107 e. The topological polar surface area (TPSA) is 18.5 Å². The Morgan fingerprint density at radius 1 is 1.27 bits per heavy atom. The lowest BCUT2D eigenvalue weighted by molar-refractivity contribution is -0.102. The van der Waals surface area contributed by atoms with Crippen molar-refractivity contribution in [2.45, 2.75) is 12.2 Å². The molecule has 2 unspecified atom stereocenters. The van der Waals surface area contributed by atoms with Gasteiger partial charge in [0.25, 0.3) is 0 Å². The van der Waals surface area contributed by atoms with Crippen molar-refractivity contribution in [1.82, 2.24) is 0 Å². The van der Waals surface area contributed by atoms with Gasteiger partial charge in [0.05, 0.1) is 13.2 Å². The highest BCUT2D eigenvalue weighted by Gasteiger charge is 2.24. The Hall–Kier alpha value is 0.130. The molecule has 2 nitrogen and oxygen atoms in total. The summed E-state index contributed by atoms with van der Waals surface area (Å²) in [5.74, 6) is 0. The van der Waals surface area contributed by atoms with E-state index in [4.69, 9.17) is 9.47 Å². The van der Waals surface area contributed by atoms with Gasteiger partial charge in [0.2, 0.25) is 0 Å². The zero-order valence-electron chi connectivity index (χ0n) is 6.00. The van der Waals surface area contributed by atoms with Crippen molar-refractivity contribution in [2.75, 3.05) is 13.2 Å². The van der Waals surface area contributed by atoms with Crippen LogP contribution in [0.25, 0.3) is 0 Å². The Morgan fingerprint density at radius 2 is 2.00 bits per heavy atom. The first-order chi connectivity index (χ1) is 5.36. The van der Waals surface area contributed by atoms with E-state index < -0.39 is 0 Å². The molecule has 0 radical (unpaired) electrons. The molecule has 2 aliphatic rings. The minimum Gasteiger partial charge on any atom is -0.369 e. The summed E-state index contributed by atoms with van der Waals surface area (Å²) in [5.41, 5.74) is 0. The van der Waals surface area contributed by atoms with Crippen LogP contribution in [-0.2, 0) is 9.47 Å². The standard InChI is InChI=1S/C8H9IO2/c9-6-1-2-7-8(5-6)11-4-3-10-7/h1-2,5,7-8H,3-4H2. The average molecular weight is 264 g/mol. The molecule has 60 valence electrons. The van der Waals surface area contributed by atoms with Gasteiger partial charge in [-0.3, -0.25) is 0 Å². The lowest BCUT2D eigenvalue weighted by atomic mass is 10.1. The normalized spacial score (nSPS) is 36.3.